The molecule has 24 heavy (non-hydrogen) atoms. The van der Waals surface area contributed by atoms with Crippen molar-refractivity contribution in [2.75, 3.05) is 33.4 Å². The summed E-state index contributed by atoms with van der Waals surface area (Å²) >= 11 is 0. The number of morpholine rings is 1. The summed E-state index contributed by atoms with van der Waals surface area (Å²) in [5.41, 5.74) is 1.18. The number of benzene rings is 1. The third-order valence-corrected chi connectivity index (χ3v) is 4.23. The number of unbranched alkanes of at least 4 members (excludes halogenated alkanes) is 1. The van der Waals surface area contributed by atoms with Crippen molar-refractivity contribution >= 4 is 0 Å². The fourth-order valence-electron chi connectivity index (χ4n) is 3.21. The van der Waals surface area contributed by atoms with Crippen LogP contribution >= 0.6 is 0 Å². The molecule has 4 heteroatoms. The Morgan fingerprint density at radius 1 is 1.21 bits per heavy atom. The molecular formula is C20H31NO3. The lowest BCUT2D eigenvalue weighted by Gasteiger charge is -2.35. The number of allylic oxidation sites excluding steroid dienone is 1. The highest BCUT2D eigenvalue weighted by Crippen LogP contribution is 2.28. The largest absolute Gasteiger partial charge is 0.493 e. The van der Waals surface area contributed by atoms with Gasteiger partial charge in [-0.15, -0.1) is 6.58 Å². The van der Waals surface area contributed by atoms with Gasteiger partial charge in [-0.05, 0) is 57.4 Å². The third kappa shape index (κ3) is 5.84. The quantitative estimate of drug-likeness (QED) is 0.509. The first-order valence-corrected chi connectivity index (χ1v) is 8.90. The molecule has 0 aromatic heterocycles. The number of ether oxygens (including phenoxy) is 3. The molecule has 0 bridgehead atoms. The molecule has 0 aliphatic carbocycles. The fourth-order valence-corrected chi connectivity index (χ4v) is 3.21. The first-order valence-electron chi connectivity index (χ1n) is 8.90. The zero-order valence-electron chi connectivity index (χ0n) is 15.3. The van der Waals surface area contributed by atoms with E-state index in [4.69, 9.17) is 14.2 Å². The molecule has 1 aromatic carbocycles. The van der Waals surface area contributed by atoms with Gasteiger partial charge in [0.15, 0.2) is 11.5 Å². The van der Waals surface area contributed by atoms with Crippen LogP contribution in [0.25, 0.3) is 0 Å². The normalized spacial score (nSPS) is 21.5. The van der Waals surface area contributed by atoms with Crippen molar-refractivity contribution in [1.82, 2.24) is 4.90 Å². The molecule has 0 unspecified atom stereocenters. The van der Waals surface area contributed by atoms with Gasteiger partial charge in [0.1, 0.15) is 0 Å². The van der Waals surface area contributed by atoms with Gasteiger partial charge in [0.05, 0.1) is 25.9 Å². The van der Waals surface area contributed by atoms with E-state index in [0.29, 0.717) is 18.8 Å². The fraction of sp³-hybridized carbons (Fsp3) is 0.600. The van der Waals surface area contributed by atoms with Crippen LogP contribution in [-0.4, -0.2) is 50.5 Å². The van der Waals surface area contributed by atoms with Crippen LogP contribution in [0.4, 0.5) is 0 Å². The van der Waals surface area contributed by atoms with E-state index in [-0.39, 0.29) is 0 Å². The topological polar surface area (TPSA) is 30.9 Å². The summed E-state index contributed by atoms with van der Waals surface area (Å²) in [6, 6.07) is 6.08. The zero-order chi connectivity index (χ0) is 17.4. The monoisotopic (exact) mass is 333 g/mol. The summed E-state index contributed by atoms with van der Waals surface area (Å²) in [4.78, 5) is 2.49. The van der Waals surface area contributed by atoms with Gasteiger partial charge in [-0.3, -0.25) is 4.90 Å². The Kier molecular flexibility index (Phi) is 7.60. The maximum atomic E-state index is 5.90. The average molecular weight is 333 g/mol. The molecule has 0 radical (unpaired) electrons. The van der Waals surface area contributed by atoms with E-state index in [0.717, 1.165) is 50.4 Å². The lowest BCUT2D eigenvalue weighted by Crippen LogP contribution is -2.45. The van der Waals surface area contributed by atoms with Crippen LogP contribution in [0.3, 0.4) is 0 Å². The third-order valence-electron chi connectivity index (χ3n) is 4.23. The SMILES string of the molecule is C=CCc1ccc(OCCCCN2C[C@@H](C)O[C@H](C)C2)c(OC)c1. The predicted molar refractivity (Wildman–Crippen MR) is 98.1 cm³/mol. The summed E-state index contributed by atoms with van der Waals surface area (Å²) in [5, 5.41) is 0. The second kappa shape index (κ2) is 9.70. The zero-order valence-corrected chi connectivity index (χ0v) is 15.3. The number of rotatable bonds is 9. The van der Waals surface area contributed by atoms with Crippen molar-refractivity contribution in [1.29, 1.82) is 0 Å². The molecule has 2 rings (SSSR count). The van der Waals surface area contributed by atoms with E-state index >= 15 is 0 Å². The van der Waals surface area contributed by atoms with Crippen molar-refractivity contribution in [3.63, 3.8) is 0 Å². The van der Waals surface area contributed by atoms with E-state index in [2.05, 4.69) is 31.4 Å². The van der Waals surface area contributed by atoms with E-state index in [1.54, 1.807) is 7.11 Å². The van der Waals surface area contributed by atoms with Crippen molar-refractivity contribution in [2.24, 2.45) is 0 Å². The minimum Gasteiger partial charge on any atom is -0.493 e. The van der Waals surface area contributed by atoms with Crippen LogP contribution in [-0.2, 0) is 11.2 Å². The summed E-state index contributed by atoms with van der Waals surface area (Å²) in [7, 11) is 1.68. The summed E-state index contributed by atoms with van der Waals surface area (Å²) < 4.78 is 17.1. The molecule has 4 nitrogen and oxygen atoms in total. The van der Waals surface area contributed by atoms with Crippen molar-refractivity contribution in [3.05, 3.63) is 36.4 Å². The molecule has 1 aliphatic rings. The molecule has 1 aliphatic heterocycles. The summed E-state index contributed by atoms with van der Waals surface area (Å²) in [6.45, 7) is 11.9. The highest BCUT2D eigenvalue weighted by atomic mass is 16.5. The second-order valence-electron chi connectivity index (χ2n) is 6.55. The van der Waals surface area contributed by atoms with Crippen LogP contribution in [0.1, 0.15) is 32.3 Å². The van der Waals surface area contributed by atoms with Gasteiger partial charge in [-0.2, -0.15) is 0 Å². The van der Waals surface area contributed by atoms with Gasteiger partial charge in [0, 0.05) is 13.1 Å². The van der Waals surface area contributed by atoms with Gasteiger partial charge < -0.3 is 14.2 Å². The van der Waals surface area contributed by atoms with Crippen LogP contribution in [0.2, 0.25) is 0 Å². The van der Waals surface area contributed by atoms with Crippen LogP contribution < -0.4 is 9.47 Å². The van der Waals surface area contributed by atoms with E-state index in [9.17, 15) is 0 Å². The van der Waals surface area contributed by atoms with E-state index < -0.39 is 0 Å². The molecule has 1 aromatic rings. The molecule has 134 valence electrons. The lowest BCUT2D eigenvalue weighted by molar-refractivity contribution is -0.0682. The van der Waals surface area contributed by atoms with Gasteiger partial charge in [0.25, 0.3) is 0 Å². The first-order chi connectivity index (χ1) is 11.6. The Balaban J connectivity index is 1.71. The minimum absolute atomic E-state index is 0.336. The van der Waals surface area contributed by atoms with Crippen LogP contribution in [0.15, 0.2) is 30.9 Å². The lowest BCUT2D eigenvalue weighted by atomic mass is 10.1. The Morgan fingerprint density at radius 3 is 2.62 bits per heavy atom. The molecule has 0 N–H and O–H groups in total. The van der Waals surface area contributed by atoms with Crippen LogP contribution in [0.5, 0.6) is 11.5 Å². The molecule has 2 atom stereocenters. The predicted octanol–water partition coefficient (Wildman–Crippen LogP) is 3.69. The Morgan fingerprint density at radius 2 is 1.96 bits per heavy atom. The minimum atomic E-state index is 0.336. The van der Waals surface area contributed by atoms with Crippen LogP contribution in [0, 0.1) is 0 Å². The molecule has 0 spiro atoms. The highest BCUT2D eigenvalue weighted by molar-refractivity contribution is 5.43. The maximum absolute atomic E-state index is 5.90. The first kappa shape index (κ1) is 18.8. The second-order valence-corrected chi connectivity index (χ2v) is 6.55. The maximum Gasteiger partial charge on any atom is 0.161 e. The highest BCUT2D eigenvalue weighted by Gasteiger charge is 2.21. The van der Waals surface area contributed by atoms with E-state index in [1.165, 1.54) is 5.56 Å². The number of hydrogen-bond donors (Lipinski definition) is 0. The molecule has 0 amide bonds. The standard InChI is InChI=1S/C20H31NO3/c1-5-8-18-9-10-19(20(13-18)22-4)23-12-7-6-11-21-14-16(2)24-17(3)15-21/h5,9-10,13,16-17H,1,6-8,11-12,14-15H2,2-4H3/t16-,17-/m1/s1. The molecule has 1 saturated heterocycles. The molecule has 1 fully saturated rings. The summed E-state index contributed by atoms with van der Waals surface area (Å²) in [5.74, 6) is 1.61. The average Bonchev–Trinajstić information content (AvgIpc) is 2.55. The molecular weight excluding hydrogens is 302 g/mol. The summed E-state index contributed by atoms with van der Waals surface area (Å²) in [6.07, 6.45) is 5.58. The number of methoxy groups -OCH3 is 1. The number of hydrogen-bond acceptors (Lipinski definition) is 4. The number of nitrogens with zero attached hydrogens (tertiary/aromatic N) is 1. The van der Waals surface area contributed by atoms with Gasteiger partial charge in [-0.1, -0.05) is 12.1 Å². The van der Waals surface area contributed by atoms with Crippen molar-refractivity contribution in [2.45, 2.75) is 45.3 Å². The van der Waals surface area contributed by atoms with E-state index in [1.807, 2.05) is 18.2 Å². The van der Waals surface area contributed by atoms with Crippen molar-refractivity contribution in [3.8, 4) is 11.5 Å². The van der Waals surface area contributed by atoms with Gasteiger partial charge >= 0.3 is 0 Å². The van der Waals surface area contributed by atoms with Gasteiger partial charge in [-0.25, -0.2) is 0 Å². The molecule has 0 saturated carbocycles. The van der Waals surface area contributed by atoms with Gasteiger partial charge in [0.2, 0.25) is 0 Å². The Bertz CT molecular complexity index is 508. The molecule has 1 heterocycles. The Hall–Kier alpha value is -1.52. The Labute approximate surface area is 146 Å². The smallest absolute Gasteiger partial charge is 0.161 e. The van der Waals surface area contributed by atoms with Crippen molar-refractivity contribution < 1.29 is 14.2 Å².